The maximum Gasteiger partial charge on any atom is 0.138 e. The lowest BCUT2D eigenvalue weighted by atomic mass is 10.2. The van der Waals surface area contributed by atoms with E-state index < -0.39 is 0 Å². The highest BCUT2D eigenvalue weighted by molar-refractivity contribution is 5.38. The fourth-order valence-corrected chi connectivity index (χ4v) is 1.46. The molecular formula is C14H16N2O. The van der Waals surface area contributed by atoms with Crippen LogP contribution in [-0.4, -0.2) is 19.1 Å². The monoisotopic (exact) mass is 228 g/mol. The Morgan fingerprint density at radius 3 is 2.41 bits per heavy atom. The van der Waals surface area contributed by atoms with Crippen molar-refractivity contribution in [2.75, 3.05) is 19.0 Å². The Morgan fingerprint density at radius 1 is 1.06 bits per heavy atom. The summed E-state index contributed by atoms with van der Waals surface area (Å²) in [6, 6.07) is 14.0. The van der Waals surface area contributed by atoms with Crippen molar-refractivity contribution >= 4 is 5.82 Å². The van der Waals surface area contributed by atoms with E-state index >= 15 is 0 Å². The van der Waals surface area contributed by atoms with Gasteiger partial charge in [0.25, 0.3) is 0 Å². The molecule has 88 valence electrons. The zero-order valence-electron chi connectivity index (χ0n) is 10.1. The molecule has 0 fully saturated rings. The minimum Gasteiger partial charge on any atom is -0.487 e. The second-order valence-electron chi connectivity index (χ2n) is 4.02. The molecule has 0 saturated heterocycles. The molecule has 0 aliphatic rings. The van der Waals surface area contributed by atoms with Gasteiger partial charge in [-0.1, -0.05) is 30.3 Å². The number of aromatic nitrogens is 1. The van der Waals surface area contributed by atoms with Crippen molar-refractivity contribution in [2.24, 2.45) is 0 Å². The van der Waals surface area contributed by atoms with E-state index in [0.29, 0.717) is 6.61 Å². The van der Waals surface area contributed by atoms with Crippen LogP contribution in [0.1, 0.15) is 5.56 Å². The largest absolute Gasteiger partial charge is 0.487 e. The molecule has 0 N–H and O–H groups in total. The van der Waals surface area contributed by atoms with Gasteiger partial charge in [0.1, 0.15) is 18.2 Å². The highest BCUT2D eigenvalue weighted by Gasteiger charge is 1.98. The van der Waals surface area contributed by atoms with Crippen molar-refractivity contribution in [2.45, 2.75) is 6.61 Å². The molecular weight excluding hydrogens is 212 g/mol. The van der Waals surface area contributed by atoms with Crippen LogP contribution < -0.4 is 9.64 Å². The SMILES string of the molecule is CN(C)c1ccc(OCc2ccccc2)cn1. The van der Waals surface area contributed by atoms with E-state index in [4.69, 9.17) is 4.74 Å². The molecule has 0 saturated carbocycles. The molecule has 0 radical (unpaired) electrons. The lowest BCUT2D eigenvalue weighted by molar-refractivity contribution is 0.305. The van der Waals surface area contributed by atoms with Crippen molar-refractivity contribution < 1.29 is 4.74 Å². The Kier molecular flexibility index (Phi) is 3.60. The summed E-state index contributed by atoms with van der Waals surface area (Å²) in [7, 11) is 3.93. The van der Waals surface area contributed by atoms with Gasteiger partial charge in [0.2, 0.25) is 0 Å². The summed E-state index contributed by atoms with van der Waals surface area (Å²) in [4.78, 5) is 6.25. The summed E-state index contributed by atoms with van der Waals surface area (Å²) in [5.74, 6) is 1.72. The van der Waals surface area contributed by atoms with Gasteiger partial charge in [-0.3, -0.25) is 0 Å². The number of anilines is 1. The maximum atomic E-state index is 5.65. The topological polar surface area (TPSA) is 25.4 Å². The van der Waals surface area contributed by atoms with Crippen LogP contribution in [0.15, 0.2) is 48.7 Å². The molecule has 0 aliphatic carbocycles. The van der Waals surface area contributed by atoms with Crippen LogP contribution in [0.4, 0.5) is 5.82 Å². The predicted molar refractivity (Wildman–Crippen MR) is 69.3 cm³/mol. The summed E-state index contributed by atoms with van der Waals surface area (Å²) in [6.07, 6.45) is 1.75. The molecule has 3 heteroatoms. The quantitative estimate of drug-likeness (QED) is 0.804. The molecule has 3 nitrogen and oxygen atoms in total. The molecule has 2 rings (SSSR count). The van der Waals surface area contributed by atoms with Gasteiger partial charge >= 0.3 is 0 Å². The molecule has 0 amide bonds. The van der Waals surface area contributed by atoms with Crippen LogP contribution in [0, 0.1) is 0 Å². The Morgan fingerprint density at radius 2 is 1.82 bits per heavy atom. The third-order valence-electron chi connectivity index (χ3n) is 2.43. The highest BCUT2D eigenvalue weighted by atomic mass is 16.5. The molecule has 0 bridgehead atoms. The fraction of sp³-hybridized carbons (Fsp3) is 0.214. The first-order valence-corrected chi connectivity index (χ1v) is 5.56. The van der Waals surface area contributed by atoms with E-state index in [1.54, 1.807) is 6.20 Å². The lowest BCUT2D eigenvalue weighted by Gasteiger charge is -2.11. The molecule has 2 aromatic rings. The van der Waals surface area contributed by atoms with Gasteiger partial charge in [0.15, 0.2) is 0 Å². The normalized spacial score (nSPS) is 10.0. The van der Waals surface area contributed by atoms with E-state index in [9.17, 15) is 0 Å². The molecule has 17 heavy (non-hydrogen) atoms. The third kappa shape index (κ3) is 3.21. The maximum absolute atomic E-state index is 5.65. The Labute approximate surface area is 102 Å². The first-order valence-electron chi connectivity index (χ1n) is 5.56. The molecule has 0 aliphatic heterocycles. The van der Waals surface area contributed by atoms with E-state index in [1.807, 2.05) is 61.5 Å². The van der Waals surface area contributed by atoms with Gasteiger partial charge in [0, 0.05) is 14.1 Å². The minimum atomic E-state index is 0.573. The Hall–Kier alpha value is -2.03. The van der Waals surface area contributed by atoms with Crippen LogP contribution >= 0.6 is 0 Å². The van der Waals surface area contributed by atoms with E-state index in [2.05, 4.69) is 4.98 Å². The van der Waals surface area contributed by atoms with Crippen molar-refractivity contribution in [3.8, 4) is 5.75 Å². The van der Waals surface area contributed by atoms with Crippen molar-refractivity contribution in [3.05, 3.63) is 54.2 Å². The number of pyridine rings is 1. The smallest absolute Gasteiger partial charge is 0.138 e. The van der Waals surface area contributed by atoms with Crippen LogP contribution in [0.25, 0.3) is 0 Å². The van der Waals surface area contributed by atoms with Crippen LogP contribution in [0.5, 0.6) is 5.75 Å². The van der Waals surface area contributed by atoms with E-state index in [0.717, 1.165) is 17.1 Å². The number of rotatable bonds is 4. The lowest BCUT2D eigenvalue weighted by Crippen LogP contribution is -2.10. The first-order chi connectivity index (χ1) is 8.25. The second kappa shape index (κ2) is 5.34. The third-order valence-corrected chi connectivity index (χ3v) is 2.43. The Balaban J connectivity index is 1.96. The zero-order chi connectivity index (χ0) is 12.1. The highest BCUT2D eigenvalue weighted by Crippen LogP contribution is 2.15. The standard InChI is InChI=1S/C14H16N2O/c1-16(2)14-9-8-13(10-15-14)17-11-12-6-4-3-5-7-12/h3-10H,11H2,1-2H3. The zero-order valence-corrected chi connectivity index (χ0v) is 10.1. The Bertz CT molecular complexity index is 451. The van der Waals surface area contributed by atoms with Crippen molar-refractivity contribution in [3.63, 3.8) is 0 Å². The number of nitrogens with zero attached hydrogens (tertiary/aromatic N) is 2. The molecule has 1 heterocycles. The fourth-order valence-electron chi connectivity index (χ4n) is 1.46. The number of hydrogen-bond acceptors (Lipinski definition) is 3. The summed E-state index contributed by atoms with van der Waals surface area (Å²) in [6.45, 7) is 0.573. The molecule has 1 aromatic heterocycles. The predicted octanol–water partition coefficient (Wildman–Crippen LogP) is 2.73. The van der Waals surface area contributed by atoms with E-state index in [-0.39, 0.29) is 0 Å². The summed E-state index contributed by atoms with van der Waals surface area (Å²) in [5, 5.41) is 0. The number of ether oxygens (including phenoxy) is 1. The second-order valence-corrected chi connectivity index (χ2v) is 4.02. The van der Waals surface area contributed by atoms with Crippen LogP contribution in [-0.2, 0) is 6.61 Å². The van der Waals surface area contributed by atoms with Crippen LogP contribution in [0.2, 0.25) is 0 Å². The molecule has 0 spiro atoms. The average Bonchev–Trinajstić information content (AvgIpc) is 2.38. The van der Waals surface area contributed by atoms with Gasteiger partial charge in [-0.2, -0.15) is 0 Å². The molecule has 0 atom stereocenters. The number of hydrogen-bond donors (Lipinski definition) is 0. The first kappa shape index (κ1) is 11.5. The molecule has 1 aromatic carbocycles. The van der Waals surface area contributed by atoms with Crippen LogP contribution in [0.3, 0.4) is 0 Å². The van der Waals surface area contributed by atoms with Gasteiger partial charge in [-0.25, -0.2) is 4.98 Å². The average molecular weight is 228 g/mol. The van der Waals surface area contributed by atoms with E-state index in [1.165, 1.54) is 0 Å². The van der Waals surface area contributed by atoms with Gasteiger partial charge in [-0.05, 0) is 17.7 Å². The summed E-state index contributed by atoms with van der Waals surface area (Å²) in [5.41, 5.74) is 1.16. The van der Waals surface area contributed by atoms with Crippen molar-refractivity contribution in [1.82, 2.24) is 4.98 Å². The minimum absolute atomic E-state index is 0.573. The summed E-state index contributed by atoms with van der Waals surface area (Å²) >= 11 is 0. The number of benzene rings is 1. The van der Waals surface area contributed by atoms with Crippen molar-refractivity contribution in [1.29, 1.82) is 0 Å². The molecule has 0 unspecified atom stereocenters. The van der Waals surface area contributed by atoms with Gasteiger partial charge < -0.3 is 9.64 Å². The van der Waals surface area contributed by atoms with Gasteiger partial charge in [0.05, 0.1) is 6.20 Å². The van der Waals surface area contributed by atoms with Gasteiger partial charge in [-0.15, -0.1) is 0 Å². The summed E-state index contributed by atoms with van der Waals surface area (Å²) < 4.78 is 5.65.